The molecule has 6 nitrogen and oxygen atoms in total. The lowest BCUT2D eigenvalue weighted by molar-refractivity contribution is -0.167. The summed E-state index contributed by atoms with van der Waals surface area (Å²) in [6, 6.07) is 0. The Bertz CT molecular complexity index is 783. The van der Waals surface area contributed by atoms with Gasteiger partial charge in [0.2, 0.25) is 0 Å². The van der Waals surface area contributed by atoms with E-state index in [1.807, 2.05) is 0 Å². The van der Waals surface area contributed by atoms with E-state index >= 15 is 0 Å². The van der Waals surface area contributed by atoms with Crippen molar-refractivity contribution in [2.75, 3.05) is 13.2 Å². The second-order valence-corrected chi connectivity index (χ2v) is 16.0. The summed E-state index contributed by atoms with van der Waals surface area (Å²) in [5.41, 5.74) is 0. The molecule has 53 heavy (non-hydrogen) atoms. The van der Waals surface area contributed by atoms with Crippen molar-refractivity contribution in [3.05, 3.63) is 0 Å². The highest BCUT2D eigenvalue weighted by molar-refractivity contribution is 5.71. The number of ether oxygens (including phenoxy) is 3. The van der Waals surface area contributed by atoms with Gasteiger partial charge in [0.15, 0.2) is 6.10 Å². The Morgan fingerprint density at radius 1 is 0.302 bits per heavy atom. The number of hydrogen-bond acceptors (Lipinski definition) is 6. The smallest absolute Gasteiger partial charge is 0.306 e. The Kier molecular flexibility index (Phi) is 41.8. The average Bonchev–Trinajstić information content (AvgIpc) is 3.15. The van der Waals surface area contributed by atoms with Gasteiger partial charge < -0.3 is 14.2 Å². The molecule has 0 saturated heterocycles. The largest absolute Gasteiger partial charge is 0.462 e. The highest BCUT2D eigenvalue weighted by Gasteiger charge is 2.19. The summed E-state index contributed by atoms with van der Waals surface area (Å²) in [7, 11) is 0. The lowest BCUT2D eigenvalue weighted by Crippen LogP contribution is -2.30. The minimum atomic E-state index is -0.757. The maximum Gasteiger partial charge on any atom is 0.306 e. The van der Waals surface area contributed by atoms with E-state index in [4.69, 9.17) is 14.2 Å². The fourth-order valence-electron chi connectivity index (χ4n) is 7.03. The summed E-state index contributed by atoms with van der Waals surface area (Å²) in [6.07, 6.45) is 43.9. The number of rotatable bonds is 43. The third kappa shape index (κ3) is 41.4. The number of carbonyl (C=O) groups is 3. The van der Waals surface area contributed by atoms with Crippen LogP contribution in [0.25, 0.3) is 0 Å². The molecule has 1 atom stereocenters. The topological polar surface area (TPSA) is 78.9 Å². The van der Waals surface area contributed by atoms with Gasteiger partial charge in [-0.1, -0.05) is 226 Å². The standard InChI is InChI=1S/C47H90O6/c1-4-7-10-13-16-18-20-21-22-23-24-25-26-27-29-31-34-37-40-46(49)52-43-44(42-51-45(48)39-36-33-30-15-12-9-6-3)53-47(50)41-38-35-32-28-19-17-14-11-8-5-2/h44H,4-43H2,1-3H3/t44-/m0/s1. The summed E-state index contributed by atoms with van der Waals surface area (Å²) in [5.74, 6) is -0.858. The molecule has 0 bridgehead atoms. The Morgan fingerprint density at radius 2 is 0.509 bits per heavy atom. The Balaban J connectivity index is 4.16. The molecular formula is C47H90O6. The fourth-order valence-corrected chi connectivity index (χ4v) is 7.03. The summed E-state index contributed by atoms with van der Waals surface area (Å²) >= 11 is 0. The molecule has 314 valence electrons. The van der Waals surface area contributed by atoms with Crippen LogP contribution in [0.5, 0.6) is 0 Å². The van der Waals surface area contributed by atoms with Crippen LogP contribution in [0, 0.1) is 0 Å². The van der Waals surface area contributed by atoms with Crippen molar-refractivity contribution in [2.45, 2.75) is 271 Å². The minimum absolute atomic E-state index is 0.0631. The van der Waals surface area contributed by atoms with Crippen molar-refractivity contribution in [3.8, 4) is 0 Å². The van der Waals surface area contributed by atoms with Crippen LogP contribution in [0.3, 0.4) is 0 Å². The summed E-state index contributed by atoms with van der Waals surface area (Å²) in [5, 5.41) is 0. The summed E-state index contributed by atoms with van der Waals surface area (Å²) in [6.45, 7) is 6.61. The van der Waals surface area contributed by atoms with Crippen LogP contribution in [-0.2, 0) is 28.6 Å². The van der Waals surface area contributed by atoms with Gasteiger partial charge >= 0.3 is 17.9 Å². The van der Waals surface area contributed by atoms with Crippen LogP contribution in [0.1, 0.15) is 265 Å². The molecule has 0 aliphatic heterocycles. The second-order valence-electron chi connectivity index (χ2n) is 16.0. The van der Waals surface area contributed by atoms with E-state index in [1.165, 1.54) is 167 Å². The summed E-state index contributed by atoms with van der Waals surface area (Å²) < 4.78 is 16.7. The van der Waals surface area contributed by atoms with Crippen LogP contribution < -0.4 is 0 Å². The molecule has 0 saturated carbocycles. The van der Waals surface area contributed by atoms with Gasteiger partial charge in [-0.3, -0.25) is 14.4 Å². The summed E-state index contributed by atoms with van der Waals surface area (Å²) in [4.78, 5) is 37.6. The Hall–Kier alpha value is -1.59. The first kappa shape index (κ1) is 51.4. The number of carbonyl (C=O) groups excluding carboxylic acids is 3. The van der Waals surface area contributed by atoms with Crippen molar-refractivity contribution in [1.29, 1.82) is 0 Å². The predicted octanol–water partition coefficient (Wildman–Crippen LogP) is 14.9. The van der Waals surface area contributed by atoms with E-state index < -0.39 is 6.10 Å². The molecule has 0 rings (SSSR count). The molecule has 0 heterocycles. The maximum atomic E-state index is 12.6. The quantitative estimate of drug-likeness (QED) is 0.0351. The molecule has 0 aromatic rings. The first-order chi connectivity index (χ1) is 26.0. The average molecular weight is 751 g/mol. The molecule has 0 unspecified atom stereocenters. The molecule has 0 radical (unpaired) electrons. The van der Waals surface area contributed by atoms with Gasteiger partial charge in [-0.2, -0.15) is 0 Å². The lowest BCUT2D eigenvalue weighted by atomic mass is 10.0. The molecular weight excluding hydrogens is 661 g/mol. The van der Waals surface area contributed by atoms with Crippen molar-refractivity contribution in [2.24, 2.45) is 0 Å². The van der Waals surface area contributed by atoms with Gasteiger partial charge in [-0.15, -0.1) is 0 Å². The van der Waals surface area contributed by atoms with Crippen LogP contribution in [0.4, 0.5) is 0 Å². The van der Waals surface area contributed by atoms with Gasteiger partial charge in [-0.05, 0) is 19.3 Å². The van der Waals surface area contributed by atoms with Gasteiger partial charge in [0.05, 0.1) is 0 Å². The molecule has 0 spiro atoms. The van der Waals surface area contributed by atoms with E-state index in [9.17, 15) is 14.4 Å². The van der Waals surface area contributed by atoms with Crippen LogP contribution in [0.2, 0.25) is 0 Å². The van der Waals surface area contributed by atoms with Gasteiger partial charge in [0.1, 0.15) is 13.2 Å². The van der Waals surface area contributed by atoms with Crippen molar-refractivity contribution in [1.82, 2.24) is 0 Å². The van der Waals surface area contributed by atoms with Crippen LogP contribution >= 0.6 is 0 Å². The van der Waals surface area contributed by atoms with E-state index in [-0.39, 0.29) is 31.1 Å². The van der Waals surface area contributed by atoms with E-state index in [0.29, 0.717) is 19.3 Å². The van der Waals surface area contributed by atoms with E-state index in [0.717, 1.165) is 57.8 Å². The predicted molar refractivity (Wildman–Crippen MR) is 224 cm³/mol. The first-order valence-electron chi connectivity index (χ1n) is 23.5. The maximum absolute atomic E-state index is 12.6. The third-order valence-corrected chi connectivity index (χ3v) is 10.6. The fraction of sp³-hybridized carbons (Fsp3) is 0.936. The van der Waals surface area contributed by atoms with Crippen LogP contribution in [-0.4, -0.2) is 37.2 Å². The SMILES string of the molecule is CCCCCCCCCCCCCCCCCCCCC(=O)OC[C@H](COC(=O)CCCCCCCCC)OC(=O)CCCCCCCCCCCC. The molecule has 0 fully saturated rings. The third-order valence-electron chi connectivity index (χ3n) is 10.6. The zero-order chi connectivity index (χ0) is 38.7. The highest BCUT2D eigenvalue weighted by Crippen LogP contribution is 2.16. The molecule has 0 aromatic heterocycles. The molecule has 6 heteroatoms. The van der Waals surface area contributed by atoms with Gasteiger partial charge in [0.25, 0.3) is 0 Å². The van der Waals surface area contributed by atoms with E-state index in [2.05, 4.69) is 20.8 Å². The molecule has 0 aliphatic rings. The second kappa shape index (κ2) is 43.1. The van der Waals surface area contributed by atoms with Crippen molar-refractivity contribution < 1.29 is 28.6 Å². The van der Waals surface area contributed by atoms with Gasteiger partial charge in [-0.25, -0.2) is 0 Å². The molecule has 0 aromatic carbocycles. The monoisotopic (exact) mass is 751 g/mol. The zero-order valence-electron chi connectivity index (χ0n) is 35.8. The minimum Gasteiger partial charge on any atom is -0.462 e. The van der Waals surface area contributed by atoms with Crippen molar-refractivity contribution in [3.63, 3.8) is 0 Å². The normalized spacial score (nSPS) is 11.8. The molecule has 0 N–H and O–H groups in total. The van der Waals surface area contributed by atoms with Gasteiger partial charge in [0, 0.05) is 19.3 Å². The number of esters is 3. The number of hydrogen-bond donors (Lipinski definition) is 0. The zero-order valence-corrected chi connectivity index (χ0v) is 35.8. The van der Waals surface area contributed by atoms with E-state index in [1.54, 1.807) is 0 Å². The molecule has 0 amide bonds. The Morgan fingerprint density at radius 3 is 0.755 bits per heavy atom. The number of unbranched alkanes of at least 4 members (excludes halogenated alkanes) is 32. The first-order valence-corrected chi connectivity index (χ1v) is 23.5. The van der Waals surface area contributed by atoms with Crippen LogP contribution in [0.15, 0.2) is 0 Å². The lowest BCUT2D eigenvalue weighted by Gasteiger charge is -2.18. The Labute approximate surface area is 329 Å². The van der Waals surface area contributed by atoms with Crippen molar-refractivity contribution >= 4 is 17.9 Å². The highest BCUT2D eigenvalue weighted by atomic mass is 16.6. The molecule has 0 aliphatic carbocycles.